The van der Waals surface area contributed by atoms with Gasteiger partial charge in [0.15, 0.2) is 0 Å². The molecule has 0 heterocycles. The van der Waals surface area contributed by atoms with E-state index in [2.05, 4.69) is 6.58 Å². The van der Waals surface area contributed by atoms with E-state index in [9.17, 15) is 0 Å². The van der Waals surface area contributed by atoms with Gasteiger partial charge in [-0.1, -0.05) is 6.58 Å². The van der Waals surface area contributed by atoms with Crippen LogP contribution in [0.1, 0.15) is 0 Å². The summed E-state index contributed by atoms with van der Waals surface area (Å²) in [4.78, 5) is 0. The number of nitriles is 2. The average Bonchev–Trinajstić information content (AvgIpc) is 1.90. The molecule has 3 heteroatoms. The molecular weight excluding hydrogens is 114 g/mol. The highest BCUT2D eigenvalue weighted by Gasteiger charge is 1.93. The fourth-order valence-electron chi connectivity index (χ4n) is 0.276. The van der Waals surface area contributed by atoms with Crippen LogP contribution >= 0.6 is 0 Å². The lowest BCUT2D eigenvalue weighted by Gasteiger charge is -1.84. The first kappa shape index (κ1) is 7.26. The number of hydrogen-bond acceptors (Lipinski definition) is 3. The minimum atomic E-state index is -0.0903. The topological polar surface area (TPSA) is 73.6 Å². The molecule has 0 unspecified atom stereocenters. The SMILES string of the molecule is C=C/C(C#N)=C(/N)C#N. The molecule has 0 atom stereocenters. The minimum absolute atomic E-state index is 0.0903. The summed E-state index contributed by atoms with van der Waals surface area (Å²) in [6.45, 7) is 3.29. The van der Waals surface area contributed by atoms with Crippen molar-refractivity contribution in [2.24, 2.45) is 5.73 Å². The number of rotatable bonds is 1. The highest BCUT2D eigenvalue weighted by atomic mass is 14.6. The van der Waals surface area contributed by atoms with Crippen molar-refractivity contribution in [3.8, 4) is 12.1 Å². The third kappa shape index (κ3) is 1.67. The lowest BCUT2D eigenvalue weighted by molar-refractivity contribution is 1.35. The summed E-state index contributed by atoms with van der Waals surface area (Å²) in [6.07, 6.45) is 1.25. The molecule has 3 nitrogen and oxygen atoms in total. The first-order chi connectivity index (χ1) is 4.26. The predicted octanol–water partition coefficient (Wildman–Crippen LogP) is 0.432. The van der Waals surface area contributed by atoms with Crippen LogP contribution in [0.4, 0.5) is 0 Å². The van der Waals surface area contributed by atoms with Gasteiger partial charge in [-0.2, -0.15) is 10.5 Å². The molecule has 44 valence electrons. The lowest BCUT2D eigenvalue weighted by atomic mass is 10.2. The van der Waals surface area contributed by atoms with Crippen LogP contribution in [0.2, 0.25) is 0 Å². The molecule has 0 aromatic carbocycles. The highest BCUT2D eigenvalue weighted by molar-refractivity contribution is 5.41. The van der Waals surface area contributed by atoms with E-state index in [0.717, 1.165) is 0 Å². The van der Waals surface area contributed by atoms with Crippen molar-refractivity contribution in [2.75, 3.05) is 0 Å². The van der Waals surface area contributed by atoms with Crippen molar-refractivity contribution >= 4 is 0 Å². The largest absolute Gasteiger partial charge is 0.389 e. The fourth-order valence-corrected chi connectivity index (χ4v) is 0.276. The van der Waals surface area contributed by atoms with Crippen LogP contribution in [0.5, 0.6) is 0 Å². The molecule has 2 N–H and O–H groups in total. The van der Waals surface area contributed by atoms with Crippen LogP contribution in [0.15, 0.2) is 23.9 Å². The summed E-state index contributed by atoms with van der Waals surface area (Å²) in [7, 11) is 0. The smallest absolute Gasteiger partial charge is 0.128 e. The fraction of sp³-hybridized carbons (Fsp3) is 0. The molecule has 0 fully saturated rings. The van der Waals surface area contributed by atoms with Gasteiger partial charge in [-0.15, -0.1) is 0 Å². The molecule has 0 aromatic heterocycles. The van der Waals surface area contributed by atoms with Gasteiger partial charge in [0.2, 0.25) is 0 Å². The third-order valence-corrected chi connectivity index (χ3v) is 0.735. The molecule has 0 bridgehead atoms. The first-order valence-corrected chi connectivity index (χ1v) is 2.18. The molecule has 0 aliphatic heterocycles. The second kappa shape index (κ2) is 3.29. The molecule has 0 radical (unpaired) electrons. The monoisotopic (exact) mass is 119 g/mol. The molecule has 0 saturated heterocycles. The molecular formula is C6H5N3. The summed E-state index contributed by atoms with van der Waals surface area (Å²) < 4.78 is 0. The Morgan fingerprint density at radius 3 is 2.11 bits per heavy atom. The summed E-state index contributed by atoms with van der Waals surface area (Å²) >= 11 is 0. The van der Waals surface area contributed by atoms with Crippen LogP contribution in [0.25, 0.3) is 0 Å². The van der Waals surface area contributed by atoms with E-state index in [-0.39, 0.29) is 11.3 Å². The Bertz CT molecular complexity index is 224. The van der Waals surface area contributed by atoms with Crippen LogP contribution in [-0.4, -0.2) is 0 Å². The summed E-state index contributed by atoms with van der Waals surface area (Å²) in [6, 6.07) is 3.35. The quantitative estimate of drug-likeness (QED) is 0.402. The van der Waals surface area contributed by atoms with Gasteiger partial charge in [0.05, 0.1) is 5.57 Å². The van der Waals surface area contributed by atoms with Crippen LogP contribution < -0.4 is 5.73 Å². The van der Waals surface area contributed by atoms with Gasteiger partial charge in [0, 0.05) is 0 Å². The molecule has 0 saturated carbocycles. The highest BCUT2D eigenvalue weighted by Crippen LogP contribution is 1.95. The minimum Gasteiger partial charge on any atom is -0.389 e. The summed E-state index contributed by atoms with van der Waals surface area (Å²) in [5.41, 5.74) is 5.10. The van der Waals surface area contributed by atoms with E-state index < -0.39 is 0 Å². The zero-order chi connectivity index (χ0) is 7.28. The number of nitrogens with zero attached hydrogens (tertiary/aromatic N) is 2. The van der Waals surface area contributed by atoms with Crippen molar-refractivity contribution in [1.29, 1.82) is 10.5 Å². The Morgan fingerprint density at radius 1 is 1.44 bits per heavy atom. The van der Waals surface area contributed by atoms with Crippen molar-refractivity contribution < 1.29 is 0 Å². The van der Waals surface area contributed by atoms with E-state index in [1.165, 1.54) is 6.08 Å². The van der Waals surface area contributed by atoms with Crippen molar-refractivity contribution in [3.63, 3.8) is 0 Å². The predicted molar refractivity (Wildman–Crippen MR) is 32.6 cm³/mol. The number of hydrogen-bond donors (Lipinski definition) is 1. The van der Waals surface area contributed by atoms with E-state index in [0.29, 0.717) is 0 Å². The maximum absolute atomic E-state index is 8.22. The second-order valence-electron chi connectivity index (χ2n) is 1.26. The Morgan fingerprint density at radius 2 is 2.00 bits per heavy atom. The second-order valence-corrected chi connectivity index (χ2v) is 1.26. The summed E-state index contributed by atoms with van der Waals surface area (Å²) in [5.74, 6) is 0. The zero-order valence-electron chi connectivity index (χ0n) is 4.76. The molecule has 9 heavy (non-hydrogen) atoms. The van der Waals surface area contributed by atoms with E-state index in [4.69, 9.17) is 16.3 Å². The molecule has 0 aliphatic rings. The van der Waals surface area contributed by atoms with Gasteiger partial charge in [0.1, 0.15) is 17.8 Å². The van der Waals surface area contributed by atoms with E-state index in [1.807, 2.05) is 0 Å². The van der Waals surface area contributed by atoms with Gasteiger partial charge in [-0.25, -0.2) is 0 Å². The van der Waals surface area contributed by atoms with Gasteiger partial charge >= 0.3 is 0 Å². The Kier molecular flexibility index (Phi) is 2.65. The molecule has 0 rings (SSSR count). The van der Waals surface area contributed by atoms with Gasteiger partial charge in [-0.05, 0) is 6.08 Å². The normalized spacial score (nSPS) is 10.4. The standard InChI is InChI=1S/C6H5N3/c1-2-5(3-7)6(9)4-8/h2H,1,9H2/b6-5-. The Balaban J connectivity index is 4.70. The summed E-state index contributed by atoms with van der Waals surface area (Å²) in [5, 5.41) is 16.4. The van der Waals surface area contributed by atoms with E-state index in [1.54, 1.807) is 12.1 Å². The van der Waals surface area contributed by atoms with E-state index >= 15 is 0 Å². The number of allylic oxidation sites excluding steroid dienone is 3. The Hall–Kier alpha value is -1.74. The van der Waals surface area contributed by atoms with Crippen molar-refractivity contribution in [3.05, 3.63) is 23.9 Å². The lowest BCUT2D eigenvalue weighted by Crippen LogP contribution is -1.96. The van der Waals surface area contributed by atoms with Crippen LogP contribution in [0, 0.1) is 22.7 Å². The zero-order valence-corrected chi connectivity index (χ0v) is 4.76. The maximum atomic E-state index is 8.22. The first-order valence-electron chi connectivity index (χ1n) is 2.18. The third-order valence-electron chi connectivity index (χ3n) is 0.735. The Labute approximate surface area is 53.3 Å². The maximum Gasteiger partial charge on any atom is 0.128 e. The average molecular weight is 119 g/mol. The van der Waals surface area contributed by atoms with Crippen molar-refractivity contribution in [1.82, 2.24) is 0 Å². The molecule has 0 amide bonds. The van der Waals surface area contributed by atoms with Gasteiger partial charge in [0.25, 0.3) is 0 Å². The van der Waals surface area contributed by atoms with Crippen LogP contribution in [-0.2, 0) is 0 Å². The number of nitrogens with two attached hydrogens (primary N) is 1. The van der Waals surface area contributed by atoms with Gasteiger partial charge < -0.3 is 5.73 Å². The molecule has 0 aliphatic carbocycles. The molecule has 0 aromatic rings. The van der Waals surface area contributed by atoms with Gasteiger partial charge in [-0.3, -0.25) is 0 Å². The van der Waals surface area contributed by atoms with Crippen molar-refractivity contribution in [2.45, 2.75) is 0 Å². The molecule has 0 spiro atoms. The van der Waals surface area contributed by atoms with Crippen LogP contribution in [0.3, 0.4) is 0 Å².